The van der Waals surface area contributed by atoms with Gasteiger partial charge in [0, 0.05) is 29.6 Å². The summed E-state index contributed by atoms with van der Waals surface area (Å²) in [6, 6.07) is 17.5. The van der Waals surface area contributed by atoms with Gasteiger partial charge >= 0.3 is 0 Å². The molecule has 2 amide bonds. The van der Waals surface area contributed by atoms with Crippen LogP contribution in [0.2, 0.25) is 5.02 Å². The molecule has 0 spiro atoms. The first-order chi connectivity index (χ1) is 23.9. The number of anilines is 4. The highest BCUT2D eigenvalue weighted by molar-refractivity contribution is 7.92. The first kappa shape index (κ1) is 37.6. The second kappa shape index (κ2) is 17.5. The standard InChI is InChI=1S/C32H36ClN9O7S/c1-32(2,40-28(43)13-15-48-17-18-49-16-14-35-42-34)31(44)36-21-7-6-8-23(19-21)50(45,46)41-30-29(37-25-9-4-5-10-26(25)38-30)39-27-20-22(47-3)11-12-24(27)33/h4-12,19-20H,13-18H2,1-3H3,(H,36,44)(H,37,39)(H,38,41)(H,40,43). The molecule has 1 aromatic heterocycles. The molecule has 0 fully saturated rings. The number of azide groups is 1. The van der Waals surface area contributed by atoms with Crippen molar-refractivity contribution < 1.29 is 32.2 Å². The van der Waals surface area contributed by atoms with Gasteiger partial charge in [0.2, 0.25) is 11.8 Å². The van der Waals surface area contributed by atoms with Crippen molar-refractivity contribution in [2.45, 2.75) is 30.7 Å². The van der Waals surface area contributed by atoms with Crippen molar-refractivity contribution in [3.63, 3.8) is 0 Å². The molecule has 1 heterocycles. The molecular weight excluding hydrogens is 690 g/mol. The minimum Gasteiger partial charge on any atom is -0.497 e. The average molecular weight is 726 g/mol. The second-order valence-electron chi connectivity index (χ2n) is 11.1. The zero-order chi connectivity index (χ0) is 36.1. The van der Waals surface area contributed by atoms with E-state index >= 15 is 0 Å². The van der Waals surface area contributed by atoms with Gasteiger partial charge in [-0.2, -0.15) is 0 Å². The van der Waals surface area contributed by atoms with Crippen LogP contribution < -0.4 is 25.4 Å². The van der Waals surface area contributed by atoms with E-state index in [1.165, 1.54) is 45.2 Å². The van der Waals surface area contributed by atoms with Crippen molar-refractivity contribution in [2.24, 2.45) is 5.11 Å². The Hall–Kier alpha value is -5.19. The molecule has 0 saturated carbocycles. The molecule has 264 valence electrons. The van der Waals surface area contributed by atoms with Crippen LogP contribution in [0.1, 0.15) is 20.3 Å². The van der Waals surface area contributed by atoms with Gasteiger partial charge in [-0.25, -0.2) is 18.4 Å². The number of fused-ring (bicyclic) bond motifs is 1. The Morgan fingerprint density at radius 1 is 0.940 bits per heavy atom. The highest BCUT2D eigenvalue weighted by Gasteiger charge is 2.30. The molecule has 4 rings (SSSR count). The SMILES string of the molecule is COc1ccc(Cl)c(Nc2nc3ccccc3nc2NS(=O)(=O)c2cccc(NC(=O)C(C)(C)NC(=O)CCOCCOCCN=[N+]=[N-])c2)c1. The van der Waals surface area contributed by atoms with E-state index in [9.17, 15) is 18.0 Å². The number of aromatic nitrogens is 2. The van der Waals surface area contributed by atoms with E-state index in [1.54, 1.807) is 42.5 Å². The molecule has 0 atom stereocenters. The fraction of sp³-hybridized carbons (Fsp3) is 0.312. The average Bonchev–Trinajstić information content (AvgIpc) is 3.08. The van der Waals surface area contributed by atoms with E-state index in [4.69, 9.17) is 31.3 Å². The van der Waals surface area contributed by atoms with E-state index in [-0.39, 0.29) is 61.6 Å². The number of ether oxygens (including phenoxy) is 3. The third-order valence-corrected chi connectivity index (χ3v) is 8.56. The Balaban J connectivity index is 1.42. The normalized spacial score (nSPS) is 11.4. The summed E-state index contributed by atoms with van der Waals surface area (Å²) in [5, 5.41) is 12.1. The molecule has 0 saturated heterocycles. The van der Waals surface area contributed by atoms with E-state index in [0.717, 1.165) is 0 Å². The molecule has 50 heavy (non-hydrogen) atoms. The third kappa shape index (κ3) is 10.7. The van der Waals surface area contributed by atoms with Gasteiger partial charge in [-0.1, -0.05) is 34.9 Å². The molecule has 0 unspecified atom stereocenters. The highest BCUT2D eigenvalue weighted by Crippen LogP contribution is 2.33. The summed E-state index contributed by atoms with van der Waals surface area (Å²) in [7, 11) is -2.76. The van der Waals surface area contributed by atoms with Gasteiger partial charge < -0.3 is 30.2 Å². The van der Waals surface area contributed by atoms with Crippen molar-refractivity contribution in [2.75, 3.05) is 55.4 Å². The lowest BCUT2D eigenvalue weighted by Crippen LogP contribution is -2.52. The van der Waals surface area contributed by atoms with Crippen molar-refractivity contribution >= 4 is 67.5 Å². The van der Waals surface area contributed by atoms with Crippen LogP contribution in [0.5, 0.6) is 5.75 Å². The van der Waals surface area contributed by atoms with E-state index < -0.39 is 27.4 Å². The summed E-state index contributed by atoms with van der Waals surface area (Å²) in [4.78, 5) is 37.2. The number of halogens is 1. The summed E-state index contributed by atoms with van der Waals surface area (Å²) >= 11 is 6.39. The predicted octanol–water partition coefficient (Wildman–Crippen LogP) is 5.40. The van der Waals surface area contributed by atoms with Crippen LogP contribution in [0.25, 0.3) is 21.5 Å². The topological polar surface area (TPSA) is 219 Å². The van der Waals surface area contributed by atoms with Crippen LogP contribution in [-0.4, -0.2) is 75.8 Å². The molecule has 0 aliphatic heterocycles. The summed E-state index contributed by atoms with van der Waals surface area (Å²) in [6.07, 6.45) is -0.00658. The number of nitrogens with one attached hydrogen (secondary N) is 4. The third-order valence-electron chi connectivity index (χ3n) is 6.89. The van der Waals surface area contributed by atoms with Crippen molar-refractivity contribution in [3.05, 3.63) is 82.2 Å². The minimum absolute atomic E-state index is 0.00658. The minimum atomic E-state index is -4.27. The number of benzene rings is 3. The lowest BCUT2D eigenvalue weighted by Gasteiger charge is -2.25. The number of rotatable bonds is 18. The lowest BCUT2D eigenvalue weighted by molar-refractivity contribution is -0.130. The Bertz CT molecular complexity index is 1990. The van der Waals surface area contributed by atoms with Crippen molar-refractivity contribution in [1.29, 1.82) is 0 Å². The fourth-order valence-corrected chi connectivity index (χ4v) is 5.55. The first-order valence-corrected chi connectivity index (χ1v) is 17.1. The molecule has 4 N–H and O–H groups in total. The Morgan fingerprint density at radius 3 is 2.34 bits per heavy atom. The summed E-state index contributed by atoms with van der Waals surface area (Å²) in [5.74, 6) is -0.495. The first-order valence-electron chi connectivity index (χ1n) is 15.2. The van der Waals surface area contributed by atoms with Gasteiger partial charge in [0.15, 0.2) is 11.6 Å². The van der Waals surface area contributed by atoms with Crippen LogP contribution in [0.3, 0.4) is 0 Å². The van der Waals surface area contributed by atoms with Crippen LogP contribution in [0, 0.1) is 0 Å². The maximum Gasteiger partial charge on any atom is 0.263 e. The molecule has 3 aromatic carbocycles. The monoisotopic (exact) mass is 725 g/mol. The van der Waals surface area contributed by atoms with E-state index in [1.807, 2.05) is 0 Å². The van der Waals surface area contributed by atoms with Crippen molar-refractivity contribution in [3.8, 4) is 5.75 Å². The number of methoxy groups -OCH3 is 1. The number of carbonyl (C=O) groups is 2. The molecule has 0 aliphatic rings. The van der Waals surface area contributed by atoms with Gasteiger partial charge in [-0.15, -0.1) is 0 Å². The van der Waals surface area contributed by atoms with Gasteiger partial charge in [-0.05, 0) is 61.8 Å². The van der Waals surface area contributed by atoms with Gasteiger partial charge in [0.1, 0.15) is 11.3 Å². The van der Waals surface area contributed by atoms with Crippen LogP contribution in [-0.2, 0) is 29.1 Å². The van der Waals surface area contributed by atoms with Gasteiger partial charge in [0.05, 0.1) is 60.2 Å². The molecular formula is C32H36ClN9O7S. The van der Waals surface area contributed by atoms with Gasteiger partial charge in [0.25, 0.3) is 10.0 Å². The molecule has 0 radical (unpaired) electrons. The Kier molecular flexibility index (Phi) is 13.1. The molecule has 16 nitrogen and oxygen atoms in total. The lowest BCUT2D eigenvalue weighted by atomic mass is 10.0. The zero-order valence-electron chi connectivity index (χ0n) is 27.5. The maximum absolute atomic E-state index is 13.7. The fourth-order valence-electron chi connectivity index (χ4n) is 4.33. The molecule has 0 bridgehead atoms. The van der Waals surface area contributed by atoms with Crippen molar-refractivity contribution in [1.82, 2.24) is 15.3 Å². The number of hydrogen-bond donors (Lipinski definition) is 4. The predicted molar refractivity (Wildman–Crippen MR) is 189 cm³/mol. The number of sulfonamides is 1. The van der Waals surface area contributed by atoms with Crippen LogP contribution in [0.15, 0.2) is 76.7 Å². The number of hydrogen-bond acceptors (Lipinski definition) is 11. The molecule has 0 aliphatic carbocycles. The zero-order valence-corrected chi connectivity index (χ0v) is 29.0. The van der Waals surface area contributed by atoms with E-state index in [2.05, 4.69) is 40.7 Å². The summed E-state index contributed by atoms with van der Waals surface area (Å²) < 4.78 is 45.7. The van der Waals surface area contributed by atoms with Crippen LogP contribution >= 0.6 is 11.6 Å². The highest BCUT2D eigenvalue weighted by atomic mass is 35.5. The number of carbonyl (C=O) groups excluding carboxylic acids is 2. The molecule has 4 aromatic rings. The van der Waals surface area contributed by atoms with Crippen LogP contribution in [0.4, 0.5) is 23.0 Å². The Morgan fingerprint density at radius 2 is 1.64 bits per heavy atom. The molecule has 18 heteroatoms. The maximum atomic E-state index is 13.7. The number of amides is 2. The van der Waals surface area contributed by atoms with E-state index in [0.29, 0.717) is 27.5 Å². The second-order valence-corrected chi connectivity index (χ2v) is 13.2. The number of para-hydroxylation sites is 2. The smallest absolute Gasteiger partial charge is 0.263 e. The number of nitrogens with zero attached hydrogens (tertiary/aromatic N) is 5. The van der Waals surface area contributed by atoms with Gasteiger partial charge in [-0.3, -0.25) is 14.3 Å². The largest absolute Gasteiger partial charge is 0.497 e. The quantitative estimate of drug-likeness (QED) is 0.0443. The summed E-state index contributed by atoms with van der Waals surface area (Å²) in [6.45, 7) is 4.12. The summed E-state index contributed by atoms with van der Waals surface area (Å²) in [5.41, 5.74) is 8.42. The Labute approximate surface area is 293 Å².